The topological polar surface area (TPSA) is 41.4 Å². The fraction of sp³-hybridized carbons (Fsp3) is 0.348. The predicted octanol–water partition coefficient (Wildman–Crippen LogP) is 4.99. The Morgan fingerprint density at radius 3 is 2.56 bits per heavy atom. The van der Waals surface area contributed by atoms with Crippen LogP contribution in [0.25, 0.3) is 11.1 Å². The Kier molecular flexibility index (Phi) is 5.66. The van der Waals surface area contributed by atoms with E-state index in [2.05, 4.69) is 58.6 Å². The SMILES string of the molecule is C=C(c1cc(C)c(N=C(C)C)cn1)c1cc(C2=CCN(C)CC2)cnc1C. The highest BCUT2D eigenvalue weighted by Gasteiger charge is 2.14. The number of hydrogen-bond acceptors (Lipinski definition) is 4. The second-order valence-electron chi connectivity index (χ2n) is 7.49. The van der Waals surface area contributed by atoms with Crippen LogP contribution in [-0.4, -0.2) is 40.7 Å². The van der Waals surface area contributed by atoms with Gasteiger partial charge in [-0.3, -0.25) is 15.0 Å². The van der Waals surface area contributed by atoms with E-state index < -0.39 is 0 Å². The molecule has 4 heteroatoms. The molecule has 0 atom stereocenters. The first-order chi connectivity index (χ1) is 12.8. The summed E-state index contributed by atoms with van der Waals surface area (Å²) < 4.78 is 0. The number of pyridine rings is 2. The molecule has 140 valence electrons. The van der Waals surface area contributed by atoms with Crippen molar-refractivity contribution < 1.29 is 0 Å². The highest BCUT2D eigenvalue weighted by molar-refractivity contribution is 5.83. The van der Waals surface area contributed by atoms with E-state index in [1.165, 1.54) is 11.1 Å². The normalized spacial score (nSPS) is 14.6. The number of nitrogens with zero attached hydrogens (tertiary/aromatic N) is 4. The van der Waals surface area contributed by atoms with Gasteiger partial charge < -0.3 is 4.90 Å². The molecule has 0 saturated heterocycles. The van der Waals surface area contributed by atoms with Crippen LogP contribution in [0, 0.1) is 13.8 Å². The molecule has 1 aliphatic rings. The zero-order valence-corrected chi connectivity index (χ0v) is 17.0. The van der Waals surface area contributed by atoms with Crippen molar-refractivity contribution in [1.82, 2.24) is 14.9 Å². The van der Waals surface area contributed by atoms with Crippen molar-refractivity contribution in [3.8, 4) is 0 Å². The van der Waals surface area contributed by atoms with Crippen molar-refractivity contribution in [2.75, 3.05) is 20.1 Å². The number of hydrogen-bond donors (Lipinski definition) is 0. The lowest BCUT2D eigenvalue weighted by molar-refractivity contribution is 0.370. The van der Waals surface area contributed by atoms with Crippen LogP contribution in [0.5, 0.6) is 0 Å². The first-order valence-electron chi connectivity index (χ1n) is 9.38. The molecule has 3 rings (SSSR count). The third-order valence-electron chi connectivity index (χ3n) is 4.93. The van der Waals surface area contributed by atoms with Crippen molar-refractivity contribution in [3.63, 3.8) is 0 Å². The van der Waals surface area contributed by atoms with Gasteiger partial charge in [-0.05, 0) is 70.0 Å². The summed E-state index contributed by atoms with van der Waals surface area (Å²) in [5.74, 6) is 0. The summed E-state index contributed by atoms with van der Waals surface area (Å²) in [6, 6.07) is 4.27. The summed E-state index contributed by atoms with van der Waals surface area (Å²) in [5, 5.41) is 0. The highest BCUT2D eigenvalue weighted by atomic mass is 15.1. The third-order valence-corrected chi connectivity index (χ3v) is 4.93. The van der Waals surface area contributed by atoms with Gasteiger partial charge in [0.2, 0.25) is 0 Å². The minimum atomic E-state index is 0.875. The summed E-state index contributed by atoms with van der Waals surface area (Å²) in [7, 11) is 2.15. The first-order valence-corrected chi connectivity index (χ1v) is 9.38. The molecule has 27 heavy (non-hydrogen) atoms. The molecule has 0 radical (unpaired) electrons. The van der Waals surface area contributed by atoms with Crippen molar-refractivity contribution in [1.29, 1.82) is 0 Å². The van der Waals surface area contributed by atoms with Gasteiger partial charge in [-0.15, -0.1) is 0 Å². The second-order valence-corrected chi connectivity index (χ2v) is 7.49. The van der Waals surface area contributed by atoms with Gasteiger partial charge in [0.25, 0.3) is 0 Å². The lowest BCUT2D eigenvalue weighted by Gasteiger charge is -2.22. The Labute approximate surface area is 162 Å². The van der Waals surface area contributed by atoms with E-state index >= 15 is 0 Å². The molecule has 0 N–H and O–H groups in total. The molecule has 0 amide bonds. The number of aliphatic imine (C=N–C) groups is 1. The zero-order valence-electron chi connectivity index (χ0n) is 17.0. The van der Waals surface area contributed by atoms with Crippen LogP contribution in [0.2, 0.25) is 0 Å². The Balaban J connectivity index is 1.94. The fourth-order valence-electron chi connectivity index (χ4n) is 3.26. The Morgan fingerprint density at radius 2 is 1.93 bits per heavy atom. The summed E-state index contributed by atoms with van der Waals surface area (Å²) in [4.78, 5) is 16.1. The maximum Gasteiger partial charge on any atom is 0.0841 e. The molecule has 3 heterocycles. The van der Waals surface area contributed by atoms with Gasteiger partial charge in [0.05, 0.1) is 17.6 Å². The molecule has 2 aromatic rings. The van der Waals surface area contributed by atoms with Gasteiger partial charge in [-0.1, -0.05) is 12.7 Å². The Bertz CT molecular complexity index is 933. The molecule has 1 aliphatic heterocycles. The van der Waals surface area contributed by atoms with E-state index in [1.807, 2.05) is 33.2 Å². The van der Waals surface area contributed by atoms with Crippen LogP contribution in [0.15, 0.2) is 42.2 Å². The number of rotatable bonds is 4. The molecule has 0 aliphatic carbocycles. The minimum Gasteiger partial charge on any atom is -0.302 e. The van der Waals surface area contributed by atoms with E-state index in [9.17, 15) is 0 Å². The van der Waals surface area contributed by atoms with E-state index in [1.54, 1.807) is 0 Å². The molecule has 0 bridgehead atoms. The Hall–Kier alpha value is -2.59. The van der Waals surface area contributed by atoms with Gasteiger partial charge in [0.15, 0.2) is 0 Å². The smallest absolute Gasteiger partial charge is 0.0841 e. The van der Waals surface area contributed by atoms with Crippen molar-refractivity contribution in [3.05, 3.63) is 65.3 Å². The van der Waals surface area contributed by atoms with Gasteiger partial charge in [-0.2, -0.15) is 0 Å². The average molecular weight is 361 g/mol. The molecule has 0 fully saturated rings. The third kappa shape index (κ3) is 4.40. The van der Waals surface area contributed by atoms with E-state index in [0.29, 0.717) is 0 Å². The van der Waals surface area contributed by atoms with Crippen molar-refractivity contribution in [2.45, 2.75) is 34.1 Å². The van der Waals surface area contributed by atoms with E-state index in [0.717, 1.165) is 59.0 Å². The summed E-state index contributed by atoms with van der Waals surface area (Å²) in [6.45, 7) is 14.5. The van der Waals surface area contributed by atoms with Crippen LogP contribution in [0.4, 0.5) is 5.69 Å². The summed E-state index contributed by atoms with van der Waals surface area (Å²) in [6.07, 6.45) is 7.15. The zero-order chi connectivity index (χ0) is 19.6. The first kappa shape index (κ1) is 19.2. The lowest BCUT2D eigenvalue weighted by Crippen LogP contribution is -2.23. The molecule has 2 aromatic heterocycles. The van der Waals surface area contributed by atoms with Gasteiger partial charge >= 0.3 is 0 Å². The maximum atomic E-state index is 4.63. The fourth-order valence-corrected chi connectivity index (χ4v) is 3.26. The second kappa shape index (κ2) is 7.97. The summed E-state index contributed by atoms with van der Waals surface area (Å²) in [5.41, 5.74) is 9.39. The maximum absolute atomic E-state index is 4.63. The van der Waals surface area contributed by atoms with Crippen molar-refractivity contribution in [2.24, 2.45) is 4.99 Å². The molecular weight excluding hydrogens is 332 g/mol. The van der Waals surface area contributed by atoms with Gasteiger partial charge in [0, 0.05) is 41.8 Å². The molecular formula is C23H28N4. The van der Waals surface area contributed by atoms with Crippen molar-refractivity contribution >= 4 is 22.5 Å². The predicted molar refractivity (Wildman–Crippen MR) is 115 cm³/mol. The molecule has 0 spiro atoms. The van der Waals surface area contributed by atoms with Gasteiger partial charge in [-0.25, -0.2) is 0 Å². The van der Waals surface area contributed by atoms with Gasteiger partial charge in [0.1, 0.15) is 0 Å². The minimum absolute atomic E-state index is 0.875. The molecule has 0 aromatic carbocycles. The van der Waals surface area contributed by atoms with E-state index in [-0.39, 0.29) is 0 Å². The average Bonchev–Trinajstić information content (AvgIpc) is 2.64. The van der Waals surface area contributed by atoms with E-state index in [4.69, 9.17) is 0 Å². The number of likely N-dealkylation sites (N-methyl/N-ethyl adjacent to an activating group) is 1. The quantitative estimate of drug-likeness (QED) is 0.722. The van der Waals surface area contributed by atoms with Crippen LogP contribution < -0.4 is 0 Å². The van der Waals surface area contributed by atoms with Crippen LogP contribution >= 0.6 is 0 Å². The monoisotopic (exact) mass is 360 g/mol. The molecule has 0 saturated carbocycles. The van der Waals surface area contributed by atoms with Crippen LogP contribution in [0.1, 0.15) is 48.3 Å². The summed E-state index contributed by atoms with van der Waals surface area (Å²) >= 11 is 0. The molecule has 0 unspecified atom stereocenters. The lowest BCUT2D eigenvalue weighted by atomic mass is 9.95. The number of aromatic nitrogens is 2. The van der Waals surface area contributed by atoms with Crippen LogP contribution in [0.3, 0.4) is 0 Å². The standard InChI is InChI=1S/C23H28N4/c1-15(2)26-23-14-25-22(11-16(23)3)17(4)21-12-20(13-24-18(21)5)19-7-9-27(6)10-8-19/h7,11-14H,4,8-10H2,1-3,5-6H3. The highest BCUT2D eigenvalue weighted by Crippen LogP contribution is 2.29. The Morgan fingerprint density at radius 1 is 1.15 bits per heavy atom. The van der Waals surface area contributed by atoms with Crippen LogP contribution in [-0.2, 0) is 0 Å². The largest absolute Gasteiger partial charge is 0.302 e. The molecule has 4 nitrogen and oxygen atoms in total. The number of aryl methyl sites for hydroxylation is 2.